The minimum absolute atomic E-state index is 0.153. The lowest BCUT2D eigenvalue weighted by atomic mass is 9.91. The maximum Gasteiger partial charge on any atom is 0.157 e. The molecule has 15 heavy (non-hydrogen) atoms. The summed E-state index contributed by atoms with van der Waals surface area (Å²) in [6.45, 7) is 4.09. The highest BCUT2D eigenvalue weighted by atomic mass is 16.3. The summed E-state index contributed by atoms with van der Waals surface area (Å²) in [4.78, 5) is 0. The molecule has 0 fully saturated rings. The highest BCUT2D eigenvalue weighted by molar-refractivity contribution is 5.42. The lowest BCUT2D eigenvalue weighted by Gasteiger charge is -2.12. The van der Waals surface area contributed by atoms with Crippen LogP contribution < -0.4 is 0 Å². The summed E-state index contributed by atoms with van der Waals surface area (Å²) >= 11 is 0. The molecular formula is C12H15NO2. The zero-order chi connectivity index (χ0) is 11.4. The number of phenolic OH excluding ortho intramolecular Hbond substituents is 2. The van der Waals surface area contributed by atoms with Crippen LogP contribution in [0.2, 0.25) is 0 Å². The third-order valence-electron chi connectivity index (χ3n) is 2.26. The van der Waals surface area contributed by atoms with Gasteiger partial charge in [0.1, 0.15) is 0 Å². The van der Waals surface area contributed by atoms with Crippen molar-refractivity contribution in [2.24, 2.45) is 5.92 Å². The molecule has 80 valence electrons. The molecule has 0 heterocycles. The average molecular weight is 205 g/mol. The molecular weight excluding hydrogens is 190 g/mol. The Hall–Kier alpha value is -1.69. The molecule has 0 spiro atoms. The average Bonchev–Trinajstić information content (AvgIpc) is 2.18. The van der Waals surface area contributed by atoms with Crippen molar-refractivity contribution in [1.29, 1.82) is 5.26 Å². The first kappa shape index (κ1) is 11.4. The Morgan fingerprint density at radius 3 is 2.40 bits per heavy atom. The molecule has 0 aromatic heterocycles. The van der Waals surface area contributed by atoms with Crippen LogP contribution in [0.15, 0.2) is 18.2 Å². The van der Waals surface area contributed by atoms with Crippen LogP contribution in [-0.4, -0.2) is 10.2 Å². The largest absolute Gasteiger partial charge is 0.504 e. The highest BCUT2D eigenvalue weighted by Crippen LogP contribution is 2.30. The second-order valence-electron chi connectivity index (χ2n) is 4.06. The van der Waals surface area contributed by atoms with Gasteiger partial charge in [0, 0.05) is 0 Å². The van der Waals surface area contributed by atoms with E-state index in [0.717, 1.165) is 12.0 Å². The fourth-order valence-corrected chi connectivity index (χ4v) is 1.49. The van der Waals surface area contributed by atoms with E-state index in [0.29, 0.717) is 5.92 Å². The molecule has 0 aliphatic carbocycles. The van der Waals surface area contributed by atoms with Crippen LogP contribution >= 0.6 is 0 Å². The number of benzene rings is 1. The van der Waals surface area contributed by atoms with Gasteiger partial charge >= 0.3 is 0 Å². The molecule has 2 N–H and O–H groups in total. The molecule has 0 aliphatic heterocycles. The minimum atomic E-state index is -0.225. The molecule has 0 bridgehead atoms. The van der Waals surface area contributed by atoms with Crippen LogP contribution in [0.1, 0.15) is 31.7 Å². The van der Waals surface area contributed by atoms with Crippen molar-refractivity contribution < 1.29 is 10.2 Å². The van der Waals surface area contributed by atoms with E-state index >= 15 is 0 Å². The smallest absolute Gasteiger partial charge is 0.157 e. The summed E-state index contributed by atoms with van der Waals surface area (Å²) in [6.07, 6.45) is 0.751. The Morgan fingerprint density at radius 2 is 1.93 bits per heavy atom. The van der Waals surface area contributed by atoms with Gasteiger partial charge in [-0.2, -0.15) is 5.26 Å². The van der Waals surface area contributed by atoms with Gasteiger partial charge in [-0.15, -0.1) is 0 Å². The molecule has 0 aliphatic rings. The van der Waals surface area contributed by atoms with Gasteiger partial charge < -0.3 is 10.2 Å². The Balaban J connectivity index is 2.94. The molecule has 0 radical (unpaired) electrons. The van der Waals surface area contributed by atoms with Crippen LogP contribution in [-0.2, 0) is 0 Å². The van der Waals surface area contributed by atoms with E-state index in [1.807, 2.05) is 13.8 Å². The number of hydrogen-bond donors (Lipinski definition) is 2. The zero-order valence-corrected chi connectivity index (χ0v) is 8.94. The Labute approximate surface area is 89.6 Å². The SMILES string of the molecule is CC(C)CC(C#N)c1ccc(O)c(O)c1. The van der Waals surface area contributed by atoms with Crippen LogP contribution in [0.3, 0.4) is 0 Å². The van der Waals surface area contributed by atoms with Gasteiger partial charge in [-0.3, -0.25) is 0 Å². The summed E-state index contributed by atoms with van der Waals surface area (Å²) in [6, 6.07) is 6.74. The molecule has 1 atom stereocenters. The van der Waals surface area contributed by atoms with Gasteiger partial charge in [-0.05, 0) is 30.0 Å². The first-order valence-electron chi connectivity index (χ1n) is 4.96. The van der Waals surface area contributed by atoms with Crippen molar-refractivity contribution >= 4 is 0 Å². The van der Waals surface area contributed by atoms with E-state index in [9.17, 15) is 5.11 Å². The normalized spacial score (nSPS) is 12.4. The van der Waals surface area contributed by atoms with Crippen molar-refractivity contribution in [1.82, 2.24) is 0 Å². The van der Waals surface area contributed by atoms with Gasteiger partial charge in [0.15, 0.2) is 11.5 Å². The first-order chi connectivity index (χ1) is 7.04. The lowest BCUT2D eigenvalue weighted by Crippen LogP contribution is -2.00. The number of hydrogen-bond acceptors (Lipinski definition) is 3. The van der Waals surface area contributed by atoms with Gasteiger partial charge in [0.2, 0.25) is 0 Å². The van der Waals surface area contributed by atoms with E-state index in [1.165, 1.54) is 12.1 Å². The molecule has 1 aromatic rings. The van der Waals surface area contributed by atoms with E-state index in [1.54, 1.807) is 6.07 Å². The van der Waals surface area contributed by atoms with Gasteiger partial charge in [-0.25, -0.2) is 0 Å². The molecule has 0 saturated carbocycles. The lowest BCUT2D eigenvalue weighted by molar-refractivity contribution is 0.402. The topological polar surface area (TPSA) is 64.2 Å². The van der Waals surface area contributed by atoms with E-state index in [2.05, 4.69) is 6.07 Å². The maximum atomic E-state index is 9.32. The second-order valence-corrected chi connectivity index (χ2v) is 4.06. The number of rotatable bonds is 3. The fraction of sp³-hybridized carbons (Fsp3) is 0.417. The Bertz CT molecular complexity index is 380. The summed E-state index contributed by atoms with van der Waals surface area (Å²) in [7, 11) is 0. The van der Waals surface area contributed by atoms with Crippen molar-refractivity contribution in [3.8, 4) is 17.6 Å². The Kier molecular flexibility index (Phi) is 3.56. The number of phenols is 2. The molecule has 3 nitrogen and oxygen atoms in total. The van der Waals surface area contributed by atoms with Crippen LogP contribution in [0.25, 0.3) is 0 Å². The van der Waals surface area contributed by atoms with Gasteiger partial charge in [0.25, 0.3) is 0 Å². The molecule has 1 rings (SSSR count). The third kappa shape index (κ3) is 2.88. The summed E-state index contributed by atoms with van der Waals surface area (Å²) in [5, 5.41) is 27.5. The van der Waals surface area contributed by atoms with E-state index < -0.39 is 0 Å². The van der Waals surface area contributed by atoms with E-state index in [-0.39, 0.29) is 17.4 Å². The number of aromatic hydroxyl groups is 2. The zero-order valence-electron chi connectivity index (χ0n) is 8.94. The fourth-order valence-electron chi connectivity index (χ4n) is 1.49. The molecule has 1 aromatic carbocycles. The maximum absolute atomic E-state index is 9.32. The predicted octanol–water partition coefficient (Wildman–Crippen LogP) is 2.75. The summed E-state index contributed by atoms with van der Waals surface area (Å²) in [5.41, 5.74) is 0.751. The van der Waals surface area contributed by atoms with Crippen molar-refractivity contribution in [2.45, 2.75) is 26.2 Å². The molecule has 3 heteroatoms. The van der Waals surface area contributed by atoms with Crippen molar-refractivity contribution in [3.63, 3.8) is 0 Å². The summed E-state index contributed by atoms with van der Waals surface area (Å²) in [5.74, 6) is -0.126. The standard InChI is InChI=1S/C12H15NO2/c1-8(2)5-10(7-13)9-3-4-11(14)12(15)6-9/h3-4,6,8,10,14-15H,5H2,1-2H3. The predicted molar refractivity (Wildman–Crippen MR) is 57.6 cm³/mol. The molecule has 1 unspecified atom stereocenters. The minimum Gasteiger partial charge on any atom is -0.504 e. The molecule has 0 saturated heterocycles. The van der Waals surface area contributed by atoms with E-state index in [4.69, 9.17) is 10.4 Å². The van der Waals surface area contributed by atoms with Crippen molar-refractivity contribution in [3.05, 3.63) is 23.8 Å². The number of nitriles is 1. The summed E-state index contributed by atoms with van der Waals surface area (Å²) < 4.78 is 0. The quantitative estimate of drug-likeness (QED) is 0.746. The number of nitrogens with zero attached hydrogens (tertiary/aromatic N) is 1. The van der Waals surface area contributed by atoms with Crippen molar-refractivity contribution in [2.75, 3.05) is 0 Å². The third-order valence-corrected chi connectivity index (χ3v) is 2.26. The molecule has 0 amide bonds. The van der Waals surface area contributed by atoms with Crippen LogP contribution in [0, 0.1) is 17.2 Å². The second kappa shape index (κ2) is 4.70. The highest BCUT2D eigenvalue weighted by Gasteiger charge is 2.14. The van der Waals surface area contributed by atoms with Crippen LogP contribution in [0.5, 0.6) is 11.5 Å². The Morgan fingerprint density at radius 1 is 1.27 bits per heavy atom. The monoisotopic (exact) mass is 205 g/mol. The van der Waals surface area contributed by atoms with Gasteiger partial charge in [-0.1, -0.05) is 19.9 Å². The first-order valence-corrected chi connectivity index (χ1v) is 4.96. The van der Waals surface area contributed by atoms with Crippen LogP contribution in [0.4, 0.5) is 0 Å². The van der Waals surface area contributed by atoms with Gasteiger partial charge in [0.05, 0.1) is 12.0 Å².